The predicted molar refractivity (Wildman–Crippen MR) is 369 cm³/mol. The fourth-order valence-electron chi connectivity index (χ4n) is 15.6. The van der Waals surface area contributed by atoms with Crippen LogP contribution < -0.4 is 0 Å². The van der Waals surface area contributed by atoms with Gasteiger partial charge in [-0.3, -0.25) is 0 Å². The van der Waals surface area contributed by atoms with Crippen LogP contribution in [0.3, 0.4) is 0 Å². The van der Waals surface area contributed by atoms with Crippen molar-refractivity contribution in [2.45, 2.75) is 67.9 Å². The fraction of sp³-hybridized carbons (Fsp3) is 0.150. The average molecular weight is 1220 g/mol. The van der Waals surface area contributed by atoms with Crippen LogP contribution in [-0.2, 0) is 17.4 Å². The van der Waals surface area contributed by atoms with Crippen LogP contribution in [0.5, 0.6) is 0 Å². The average Bonchev–Trinajstić information content (AvgIpc) is 2.42. The first kappa shape index (κ1) is 57.3. The third-order valence-electron chi connectivity index (χ3n) is 19.3. The summed E-state index contributed by atoms with van der Waals surface area (Å²) in [6.45, 7) is 7.38. The third kappa shape index (κ3) is 9.92. The van der Waals surface area contributed by atoms with Crippen molar-refractivity contribution < 1.29 is 17.4 Å². The molecule has 414 valence electrons. The van der Waals surface area contributed by atoms with Crippen molar-refractivity contribution in [2.24, 2.45) is 0 Å². The van der Waals surface area contributed by atoms with Crippen LogP contribution in [0.1, 0.15) is 92.0 Å². The van der Waals surface area contributed by atoms with Gasteiger partial charge in [0.05, 0.1) is 0 Å². The van der Waals surface area contributed by atoms with Gasteiger partial charge in [-0.15, -0.1) is 24.8 Å². The predicted octanol–water partition coefficient (Wildman–Crippen LogP) is 22.9. The molecule has 0 aliphatic heterocycles. The molecule has 0 heterocycles. The number of benzene rings is 12. The molecule has 0 saturated heterocycles. The van der Waals surface area contributed by atoms with E-state index in [9.17, 15) is 0 Å². The minimum absolute atomic E-state index is 0. The Bertz CT molecular complexity index is 4300. The molecular formula is C80H72Cl2SiZr. The molecule has 84 heavy (non-hydrogen) atoms. The molecule has 0 N–H and O–H groups in total. The van der Waals surface area contributed by atoms with Gasteiger partial charge in [0.2, 0.25) is 0 Å². The van der Waals surface area contributed by atoms with E-state index in [0.29, 0.717) is 11.8 Å². The summed E-state index contributed by atoms with van der Waals surface area (Å²) in [6, 6.07) is 97.2. The number of hydrogen-bond donors (Lipinski definition) is 0. The van der Waals surface area contributed by atoms with Gasteiger partial charge in [-0.05, 0) is 0 Å². The van der Waals surface area contributed by atoms with E-state index in [1.807, 2.05) is 0 Å². The fourth-order valence-corrected chi connectivity index (χ4v) is 35.1. The van der Waals surface area contributed by atoms with Crippen molar-refractivity contribution in [3.8, 4) is 44.5 Å². The van der Waals surface area contributed by atoms with E-state index in [2.05, 4.69) is 297 Å². The van der Waals surface area contributed by atoms with Gasteiger partial charge in [0.25, 0.3) is 0 Å². The molecule has 0 nitrogen and oxygen atoms in total. The largest absolute Gasteiger partial charge is 0.147 e. The van der Waals surface area contributed by atoms with Crippen LogP contribution >= 0.6 is 24.8 Å². The van der Waals surface area contributed by atoms with Crippen molar-refractivity contribution in [3.63, 3.8) is 0 Å². The van der Waals surface area contributed by atoms with Gasteiger partial charge in [-0.2, -0.15) is 0 Å². The molecule has 0 fully saturated rings. The maximum Gasteiger partial charge on any atom is -0.147 e. The van der Waals surface area contributed by atoms with Crippen LogP contribution in [0.25, 0.3) is 99.7 Å². The number of rotatable bonds is 14. The molecule has 0 bridgehead atoms. The van der Waals surface area contributed by atoms with Crippen molar-refractivity contribution in [1.82, 2.24) is 0 Å². The van der Waals surface area contributed by atoms with Gasteiger partial charge in [0.1, 0.15) is 0 Å². The number of hydrogen-bond acceptors (Lipinski definition) is 0. The Morgan fingerprint density at radius 3 is 0.917 bits per heavy atom. The van der Waals surface area contributed by atoms with E-state index in [0.717, 1.165) is 25.7 Å². The van der Waals surface area contributed by atoms with Crippen LogP contribution in [0.2, 0.25) is 9.26 Å². The van der Waals surface area contributed by atoms with Crippen LogP contribution in [0.4, 0.5) is 0 Å². The Hall–Kier alpha value is -7.16. The van der Waals surface area contributed by atoms with Gasteiger partial charge < -0.3 is 0 Å². The topological polar surface area (TPSA) is 0 Å². The van der Waals surface area contributed by atoms with Gasteiger partial charge >= 0.3 is 491 Å². The van der Waals surface area contributed by atoms with Crippen molar-refractivity contribution >= 4 is 86.9 Å². The minimum atomic E-state index is -4.75. The second-order valence-electron chi connectivity index (χ2n) is 24.8. The summed E-state index contributed by atoms with van der Waals surface area (Å²) in [5.74, 6) is 0.718. The molecule has 14 rings (SSSR count). The molecule has 4 unspecified atom stereocenters. The standard InChI is InChI=1S/2C39H31.2CH3.2ClH.H2Si.Zr/c2*1-2-28(29-12-4-3-5-13-29)24-27-25-38-36(34-20-10-16-30-14-6-8-18-32(30)34)22-23-37(39(38)26-27)35-21-11-17-31-15-7-9-19-33(31)35;;;;;;/h2*3-23,25-26,28H,2,24H2,1H3;2*1H3;2*1H;1H2;. The summed E-state index contributed by atoms with van der Waals surface area (Å²) in [6.07, 6.45) is 9.66. The van der Waals surface area contributed by atoms with Gasteiger partial charge in [0, 0.05) is 0 Å². The molecule has 0 saturated carbocycles. The molecule has 0 aromatic heterocycles. The molecule has 0 amide bonds. The monoisotopic (exact) mass is 1220 g/mol. The van der Waals surface area contributed by atoms with Crippen LogP contribution in [0, 0.1) is 0 Å². The molecule has 12 aromatic carbocycles. The zero-order valence-corrected chi connectivity index (χ0v) is 54.1. The third-order valence-corrected chi connectivity index (χ3v) is 36.7. The van der Waals surface area contributed by atoms with Crippen molar-refractivity contribution in [1.29, 1.82) is 0 Å². The first-order chi connectivity index (χ1) is 40.2. The normalized spacial score (nSPS) is 15.4. The van der Waals surface area contributed by atoms with E-state index in [1.165, 1.54) is 110 Å². The Balaban J connectivity index is 0.00000347. The molecule has 2 aliphatic rings. The summed E-state index contributed by atoms with van der Waals surface area (Å²) in [7, 11) is 0. The van der Waals surface area contributed by atoms with Gasteiger partial charge in [0.15, 0.2) is 0 Å². The molecule has 4 atom stereocenters. The quantitative estimate of drug-likeness (QED) is 0.0952. The number of fused-ring (bicyclic) bond motifs is 6. The summed E-state index contributed by atoms with van der Waals surface area (Å²) in [5, 5.41) is 10.3. The second kappa shape index (κ2) is 23.4. The van der Waals surface area contributed by atoms with Gasteiger partial charge in [-0.1, -0.05) is 0 Å². The zero-order valence-electron chi connectivity index (χ0n) is 48.6. The Morgan fingerprint density at radius 1 is 0.321 bits per heavy atom. The van der Waals surface area contributed by atoms with Crippen LogP contribution in [-0.4, -0.2) is 6.88 Å². The molecule has 4 heteroatoms. The number of allylic oxidation sites excluding steroid dienone is 2. The van der Waals surface area contributed by atoms with E-state index in [-0.39, 0.29) is 32.1 Å². The van der Waals surface area contributed by atoms with E-state index >= 15 is 0 Å². The Morgan fingerprint density at radius 2 is 0.595 bits per heavy atom. The SMILES string of the molecule is CCC(CC1=Cc2c(-c3cccc4ccccc34)ccc(-c3cccc4ccccc34)c2[CH]1[Zr]([CH3])([CH3])(=[SiH2])[CH]1C(CC(CC)c2ccccc2)=Cc2c(-c3cccc4ccccc34)ccc(-c3cccc4ccccc34)c21)c1ccccc1.Cl.Cl. The van der Waals surface area contributed by atoms with E-state index in [4.69, 9.17) is 0 Å². The van der Waals surface area contributed by atoms with Gasteiger partial charge in [-0.25, -0.2) is 0 Å². The Labute approximate surface area is 511 Å². The molecule has 0 spiro atoms. The van der Waals surface area contributed by atoms with Crippen LogP contribution in [0.15, 0.2) is 266 Å². The Kier molecular flexibility index (Phi) is 15.9. The summed E-state index contributed by atoms with van der Waals surface area (Å²) in [4.78, 5) is 0. The first-order valence-electron chi connectivity index (χ1n) is 30.0. The van der Waals surface area contributed by atoms with Crippen molar-refractivity contribution in [2.75, 3.05) is 0 Å². The van der Waals surface area contributed by atoms with E-state index < -0.39 is 17.4 Å². The first-order valence-corrected chi connectivity index (χ1v) is 43.7. The molecule has 12 aromatic rings. The summed E-state index contributed by atoms with van der Waals surface area (Å²) >= 11 is -4.75. The minimum Gasteiger partial charge on any atom is -0.147 e. The summed E-state index contributed by atoms with van der Waals surface area (Å²) < 4.78 is 6.24. The summed E-state index contributed by atoms with van der Waals surface area (Å²) in [5.41, 5.74) is 22.7. The molecular weight excluding hydrogens is 1150 g/mol. The molecule has 0 radical (unpaired) electrons. The van der Waals surface area contributed by atoms with E-state index in [1.54, 1.807) is 22.3 Å². The zero-order chi connectivity index (χ0) is 55.6. The number of halogens is 2. The molecule has 2 aliphatic carbocycles. The maximum absolute atomic E-state index is 4.75. The van der Waals surface area contributed by atoms with Crippen molar-refractivity contribution in [3.05, 3.63) is 299 Å². The maximum atomic E-state index is 2.92. The smallest absolute Gasteiger partial charge is 0.147 e. The second-order valence-corrected chi connectivity index (χ2v) is 55.2.